The molecule has 3 aromatic rings. The zero-order valence-electron chi connectivity index (χ0n) is 11.6. The van der Waals surface area contributed by atoms with Gasteiger partial charge in [-0.2, -0.15) is 0 Å². The minimum absolute atomic E-state index is 0.235. The van der Waals surface area contributed by atoms with Crippen LogP contribution in [0.2, 0.25) is 0 Å². The van der Waals surface area contributed by atoms with E-state index in [-0.39, 0.29) is 11.7 Å². The summed E-state index contributed by atoms with van der Waals surface area (Å²) < 4.78 is 10.4. The van der Waals surface area contributed by atoms with Crippen molar-refractivity contribution in [3.63, 3.8) is 0 Å². The molecule has 21 heavy (non-hydrogen) atoms. The molecule has 0 saturated heterocycles. The number of rotatable bonds is 2. The van der Waals surface area contributed by atoms with Crippen LogP contribution in [0.4, 0.5) is 5.69 Å². The highest BCUT2D eigenvalue weighted by Gasteiger charge is 2.11. The lowest BCUT2D eigenvalue weighted by Crippen LogP contribution is -2.10. The Morgan fingerprint density at radius 1 is 1.05 bits per heavy atom. The fourth-order valence-corrected chi connectivity index (χ4v) is 2.15. The quantitative estimate of drug-likeness (QED) is 0.733. The monoisotopic (exact) mass is 283 g/mol. The molecular weight excluding hydrogens is 270 g/mol. The molecule has 3 rings (SSSR count). The third-order valence-corrected chi connectivity index (χ3v) is 3.17. The Hall–Kier alpha value is -2.82. The molecule has 2 aromatic heterocycles. The van der Waals surface area contributed by atoms with E-state index in [1.54, 1.807) is 37.3 Å². The Balaban J connectivity index is 1.94. The van der Waals surface area contributed by atoms with Crippen LogP contribution in [0.1, 0.15) is 21.9 Å². The van der Waals surface area contributed by atoms with Crippen molar-refractivity contribution in [1.29, 1.82) is 0 Å². The maximum absolute atomic E-state index is 12.0. The van der Waals surface area contributed by atoms with Crippen molar-refractivity contribution in [2.45, 2.75) is 13.8 Å². The predicted molar refractivity (Wildman–Crippen MR) is 78.6 cm³/mol. The molecule has 0 aliphatic carbocycles. The Bertz CT molecular complexity index is 889. The zero-order valence-corrected chi connectivity index (χ0v) is 11.6. The van der Waals surface area contributed by atoms with Crippen molar-refractivity contribution < 1.29 is 13.6 Å². The Morgan fingerprint density at radius 2 is 1.86 bits per heavy atom. The highest BCUT2D eigenvalue weighted by molar-refractivity contribution is 6.03. The summed E-state index contributed by atoms with van der Waals surface area (Å²) in [5.74, 6) is 0.552. The van der Waals surface area contributed by atoms with Crippen LogP contribution in [0.25, 0.3) is 11.0 Å². The van der Waals surface area contributed by atoms with Gasteiger partial charge in [0.15, 0.2) is 5.76 Å². The van der Waals surface area contributed by atoms with Crippen molar-refractivity contribution in [2.24, 2.45) is 0 Å². The van der Waals surface area contributed by atoms with Gasteiger partial charge < -0.3 is 14.2 Å². The van der Waals surface area contributed by atoms with Crippen LogP contribution in [0.3, 0.4) is 0 Å². The topological polar surface area (TPSA) is 72.5 Å². The van der Waals surface area contributed by atoms with Gasteiger partial charge in [-0.25, -0.2) is 4.79 Å². The second-order valence-electron chi connectivity index (χ2n) is 4.82. The van der Waals surface area contributed by atoms with E-state index in [2.05, 4.69) is 5.32 Å². The zero-order chi connectivity index (χ0) is 15.0. The first-order valence-electron chi connectivity index (χ1n) is 6.45. The number of anilines is 1. The fourth-order valence-electron chi connectivity index (χ4n) is 2.15. The number of hydrogen-bond acceptors (Lipinski definition) is 4. The van der Waals surface area contributed by atoms with Gasteiger partial charge in [0.25, 0.3) is 5.91 Å². The second-order valence-corrected chi connectivity index (χ2v) is 4.82. The minimum Gasteiger partial charge on any atom is -0.456 e. The standard InChI is InChI=1S/C16H13NO4/c1-9-7-15(18)21-14-8-11(4-5-12(9)14)17-16(19)13-6-3-10(2)20-13/h3-8H,1-2H3,(H,17,19). The first kappa shape index (κ1) is 13.2. The molecule has 0 bridgehead atoms. The van der Waals surface area contributed by atoms with Gasteiger partial charge in [-0.3, -0.25) is 4.79 Å². The fraction of sp³-hybridized carbons (Fsp3) is 0.125. The van der Waals surface area contributed by atoms with Gasteiger partial charge in [-0.15, -0.1) is 0 Å². The lowest BCUT2D eigenvalue weighted by Gasteiger charge is -2.05. The average molecular weight is 283 g/mol. The molecule has 2 heterocycles. The van der Waals surface area contributed by atoms with Crippen LogP contribution in [0.15, 0.2) is 50.0 Å². The number of nitrogens with one attached hydrogen (secondary N) is 1. The lowest BCUT2D eigenvalue weighted by atomic mass is 10.1. The average Bonchev–Trinajstić information content (AvgIpc) is 2.85. The van der Waals surface area contributed by atoms with Crippen molar-refractivity contribution in [3.8, 4) is 0 Å². The molecule has 106 valence electrons. The SMILES string of the molecule is Cc1ccc(C(=O)Nc2ccc3c(C)cc(=O)oc3c2)o1. The first-order chi connectivity index (χ1) is 10.0. The van der Waals surface area contributed by atoms with E-state index in [9.17, 15) is 9.59 Å². The van der Waals surface area contributed by atoms with E-state index >= 15 is 0 Å². The summed E-state index contributed by atoms with van der Waals surface area (Å²) in [5, 5.41) is 3.54. The maximum Gasteiger partial charge on any atom is 0.336 e. The maximum atomic E-state index is 12.0. The summed E-state index contributed by atoms with van der Waals surface area (Å²) in [6, 6.07) is 9.94. The molecular formula is C16H13NO4. The van der Waals surface area contributed by atoms with Crippen molar-refractivity contribution >= 4 is 22.6 Å². The summed E-state index contributed by atoms with van der Waals surface area (Å²) in [4.78, 5) is 23.4. The van der Waals surface area contributed by atoms with Gasteiger partial charge in [0, 0.05) is 23.2 Å². The van der Waals surface area contributed by atoms with Crippen LogP contribution >= 0.6 is 0 Å². The van der Waals surface area contributed by atoms with Crippen molar-refractivity contribution in [1.82, 2.24) is 0 Å². The Labute approximate surface area is 120 Å². The van der Waals surface area contributed by atoms with Crippen LogP contribution in [0.5, 0.6) is 0 Å². The smallest absolute Gasteiger partial charge is 0.336 e. The van der Waals surface area contributed by atoms with E-state index in [4.69, 9.17) is 8.83 Å². The summed E-state index contributed by atoms with van der Waals surface area (Å²) in [7, 11) is 0. The van der Waals surface area contributed by atoms with Crippen LogP contribution in [-0.4, -0.2) is 5.91 Å². The van der Waals surface area contributed by atoms with Crippen molar-refractivity contribution in [3.05, 3.63) is 63.9 Å². The summed E-state index contributed by atoms with van der Waals surface area (Å²) in [6.07, 6.45) is 0. The van der Waals surface area contributed by atoms with Crippen molar-refractivity contribution in [2.75, 3.05) is 5.32 Å². The predicted octanol–water partition coefficient (Wildman–Crippen LogP) is 3.26. The Kier molecular flexibility index (Phi) is 3.10. The first-order valence-corrected chi connectivity index (χ1v) is 6.45. The summed E-state index contributed by atoms with van der Waals surface area (Å²) in [5.41, 5.74) is 1.40. The third-order valence-electron chi connectivity index (χ3n) is 3.17. The normalized spacial score (nSPS) is 10.8. The van der Waals surface area contributed by atoms with Gasteiger partial charge in [-0.05, 0) is 43.7 Å². The molecule has 0 radical (unpaired) electrons. The molecule has 1 N–H and O–H groups in total. The third kappa shape index (κ3) is 2.58. The highest BCUT2D eigenvalue weighted by atomic mass is 16.4. The number of furan rings is 1. The van der Waals surface area contributed by atoms with E-state index in [1.165, 1.54) is 6.07 Å². The second kappa shape index (κ2) is 4.94. The summed E-state index contributed by atoms with van der Waals surface area (Å²) >= 11 is 0. The van der Waals surface area contributed by atoms with E-state index < -0.39 is 5.63 Å². The number of benzene rings is 1. The molecule has 1 amide bonds. The number of carbonyl (C=O) groups excluding carboxylic acids is 1. The van der Waals surface area contributed by atoms with Gasteiger partial charge in [0.2, 0.25) is 0 Å². The van der Waals surface area contributed by atoms with Gasteiger partial charge >= 0.3 is 5.63 Å². The number of carbonyl (C=O) groups is 1. The van der Waals surface area contributed by atoms with Gasteiger partial charge in [0.1, 0.15) is 11.3 Å². The molecule has 5 nitrogen and oxygen atoms in total. The molecule has 5 heteroatoms. The Morgan fingerprint density at radius 3 is 2.57 bits per heavy atom. The highest BCUT2D eigenvalue weighted by Crippen LogP contribution is 2.21. The van der Waals surface area contributed by atoms with Gasteiger partial charge in [-0.1, -0.05) is 0 Å². The lowest BCUT2D eigenvalue weighted by molar-refractivity contribution is 0.0995. The number of fused-ring (bicyclic) bond motifs is 1. The number of amides is 1. The van der Waals surface area contributed by atoms with E-state index in [0.717, 1.165) is 10.9 Å². The van der Waals surface area contributed by atoms with Crippen LogP contribution in [-0.2, 0) is 0 Å². The molecule has 0 aliphatic heterocycles. The molecule has 1 aromatic carbocycles. The number of aryl methyl sites for hydroxylation is 2. The van der Waals surface area contributed by atoms with Crippen LogP contribution in [0, 0.1) is 13.8 Å². The molecule has 0 atom stereocenters. The van der Waals surface area contributed by atoms with Crippen LogP contribution < -0.4 is 10.9 Å². The van der Waals surface area contributed by atoms with E-state index in [0.29, 0.717) is 17.0 Å². The number of hydrogen-bond donors (Lipinski definition) is 1. The molecule has 0 unspecified atom stereocenters. The molecule has 0 aliphatic rings. The minimum atomic E-state index is -0.412. The largest absolute Gasteiger partial charge is 0.456 e. The molecule has 0 spiro atoms. The molecule has 0 saturated carbocycles. The molecule has 0 fully saturated rings. The van der Waals surface area contributed by atoms with E-state index in [1.807, 2.05) is 6.92 Å². The van der Waals surface area contributed by atoms with Gasteiger partial charge in [0.05, 0.1) is 0 Å². The summed E-state index contributed by atoms with van der Waals surface area (Å²) in [6.45, 7) is 3.60.